The molecule has 0 amide bonds. The topological polar surface area (TPSA) is 101 Å². The molecule has 8 heteroatoms. The Morgan fingerprint density at radius 3 is 2.48 bits per heavy atom. The van der Waals surface area contributed by atoms with E-state index in [2.05, 4.69) is 9.82 Å². The molecule has 1 aromatic heterocycles. The molecule has 0 bridgehead atoms. The number of sulfonamides is 1. The van der Waals surface area contributed by atoms with Crippen molar-refractivity contribution >= 4 is 21.7 Å². The Labute approximate surface area is 144 Å². The van der Waals surface area contributed by atoms with Crippen LogP contribution < -0.4 is 4.72 Å². The number of rotatable bonds is 5. The van der Waals surface area contributed by atoms with Gasteiger partial charge in [-0.25, -0.2) is 17.9 Å². The lowest BCUT2D eigenvalue weighted by atomic mass is 10.1. The number of aryl methyl sites for hydroxylation is 1. The van der Waals surface area contributed by atoms with Gasteiger partial charge in [0.05, 0.1) is 16.1 Å². The summed E-state index contributed by atoms with van der Waals surface area (Å²) in [6, 6.07) is 12.5. The highest BCUT2D eigenvalue weighted by Gasteiger charge is 2.18. The van der Waals surface area contributed by atoms with Gasteiger partial charge in [0.15, 0.2) is 0 Å². The zero-order chi connectivity index (χ0) is 18.0. The molecule has 0 radical (unpaired) electrons. The average Bonchev–Trinajstić information content (AvgIpc) is 3.09. The van der Waals surface area contributed by atoms with Crippen LogP contribution in [0.1, 0.15) is 15.9 Å². The smallest absolute Gasteiger partial charge is 0.335 e. The van der Waals surface area contributed by atoms with E-state index < -0.39 is 16.0 Å². The van der Waals surface area contributed by atoms with Gasteiger partial charge in [-0.1, -0.05) is 6.07 Å². The predicted octanol–water partition coefficient (Wildman–Crippen LogP) is 2.68. The van der Waals surface area contributed by atoms with Crippen LogP contribution in [0.4, 0.5) is 5.69 Å². The lowest BCUT2D eigenvalue weighted by molar-refractivity contribution is 0.0696. The van der Waals surface area contributed by atoms with Crippen molar-refractivity contribution in [3.63, 3.8) is 0 Å². The maximum Gasteiger partial charge on any atom is 0.335 e. The van der Waals surface area contributed by atoms with Gasteiger partial charge in [0.1, 0.15) is 0 Å². The third-order valence-corrected chi connectivity index (χ3v) is 5.02. The first-order chi connectivity index (χ1) is 11.9. The molecule has 128 valence electrons. The summed E-state index contributed by atoms with van der Waals surface area (Å²) in [5, 5.41) is 13.2. The second-order valence-corrected chi connectivity index (χ2v) is 7.07. The fraction of sp³-hybridized carbons (Fsp3) is 0.0588. The van der Waals surface area contributed by atoms with E-state index >= 15 is 0 Å². The highest BCUT2D eigenvalue weighted by atomic mass is 32.2. The Morgan fingerprint density at radius 1 is 1.16 bits per heavy atom. The number of hydrogen-bond donors (Lipinski definition) is 2. The van der Waals surface area contributed by atoms with E-state index in [1.807, 2.05) is 0 Å². The van der Waals surface area contributed by atoms with Gasteiger partial charge < -0.3 is 5.11 Å². The second kappa shape index (κ2) is 6.40. The van der Waals surface area contributed by atoms with E-state index in [0.717, 1.165) is 11.8 Å². The highest BCUT2D eigenvalue weighted by molar-refractivity contribution is 7.92. The Kier molecular flexibility index (Phi) is 4.28. The average molecular weight is 357 g/mol. The van der Waals surface area contributed by atoms with Gasteiger partial charge >= 0.3 is 5.97 Å². The molecule has 1 heterocycles. The molecule has 0 aliphatic heterocycles. The molecule has 0 unspecified atom stereocenters. The summed E-state index contributed by atoms with van der Waals surface area (Å²) in [6.45, 7) is 1.61. The summed E-state index contributed by atoms with van der Waals surface area (Å²) < 4.78 is 29.1. The Morgan fingerprint density at radius 2 is 1.88 bits per heavy atom. The molecule has 2 N–H and O–H groups in total. The molecule has 0 atom stereocenters. The van der Waals surface area contributed by atoms with Crippen molar-refractivity contribution in [3.05, 3.63) is 72.1 Å². The minimum atomic E-state index is -3.89. The Bertz CT molecular complexity index is 1010. The van der Waals surface area contributed by atoms with Crippen LogP contribution in [0.2, 0.25) is 0 Å². The normalized spacial score (nSPS) is 11.2. The van der Waals surface area contributed by atoms with Crippen LogP contribution >= 0.6 is 0 Å². The summed E-state index contributed by atoms with van der Waals surface area (Å²) in [4.78, 5) is 11.1. The maximum atomic E-state index is 12.5. The van der Waals surface area contributed by atoms with Gasteiger partial charge in [0, 0.05) is 18.1 Å². The van der Waals surface area contributed by atoms with Crippen LogP contribution in [0.5, 0.6) is 0 Å². The van der Waals surface area contributed by atoms with Crippen LogP contribution in [-0.4, -0.2) is 29.3 Å². The number of anilines is 1. The third-order valence-electron chi connectivity index (χ3n) is 3.64. The first-order valence-corrected chi connectivity index (χ1v) is 8.82. The standard InChI is InChI=1S/C17H15N3O4S/c1-12-3-8-15(11-16(12)17(21)22)25(23,24)19-13-4-6-14(7-5-13)20-10-2-9-18-20/h2-11,19H,1H3,(H,21,22). The Hall–Kier alpha value is -3.13. The first-order valence-electron chi connectivity index (χ1n) is 7.34. The van der Waals surface area contributed by atoms with E-state index in [1.165, 1.54) is 12.1 Å². The van der Waals surface area contributed by atoms with Gasteiger partial charge in [0.2, 0.25) is 0 Å². The van der Waals surface area contributed by atoms with E-state index in [9.17, 15) is 13.2 Å². The molecule has 2 aromatic carbocycles. The lowest BCUT2D eigenvalue weighted by Gasteiger charge is -2.10. The maximum absolute atomic E-state index is 12.5. The number of carboxylic acids is 1. The van der Waals surface area contributed by atoms with Gasteiger partial charge in [-0.3, -0.25) is 4.72 Å². The minimum absolute atomic E-state index is 0.0445. The second-order valence-electron chi connectivity index (χ2n) is 5.38. The molecular weight excluding hydrogens is 342 g/mol. The lowest BCUT2D eigenvalue weighted by Crippen LogP contribution is -2.14. The van der Waals surface area contributed by atoms with Gasteiger partial charge in [-0.15, -0.1) is 0 Å². The van der Waals surface area contributed by atoms with Crippen LogP contribution in [0, 0.1) is 6.92 Å². The molecule has 7 nitrogen and oxygen atoms in total. The predicted molar refractivity (Wildman–Crippen MR) is 92.5 cm³/mol. The van der Waals surface area contributed by atoms with Crippen LogP contribution in [-0.2, 0) is 10.0 Å². The molecule has 3 aromatic rings. The number of hydrogen-bond acceptors (Lipinski definition) is 4. The van der Waals surface area contributed by atoms with Crippen LogP contribution in [0.3, 0.4) is 0 Å². The van der Waals surface area contributed by atoms with Crippen molar-refractivity contribution < 1.29 is 18.3 Å². The van der Waals surface area contributed by atoms with E-state index in [4.69, 9.17) is 5.11 Å². The van der Waals surface area contributed by atoms with E-state index in [-0.39, 0.29) is 10.5 Å². The summed E-state index contributed by atoms with van der Waals surface area (Å²) in [5.41, 5.74) is 1.61. The summed E-state index contributed by atoms with van der Waals surface area (Å²) >= 11 is 0. The number of carboxylic acid groups (broad SMARTS) is 1. The van der Waals surface area contributed by atoms with Gasteiger partial charge in [0.25, 0.3) is 10.0 Å². The zero-order valence-electron chi connectivity index (χ0n) is 13.2. The molecule has 0 aliphatic rings. The molecule has 0 saturated carbocycles. The van der Waals surface area contributed by atoms with E-state index in [0.29, 0.717) is 11.3 Å². The summed E-state index contributed by atoms with van der Waals surface area (Å²) in [5.74, 6) is -1.17. The number of carbonyl (C=O) groups is 1. The summed E-state index contributed by atoms with van der Waals surface area (Å²) in [7, 11) is -3.89. The van der Waals surface area contributed by atoms with Crippen molar-refractivity contribution in [2.75, 3.05) is 4.72 Å². The van der Waals surface area contributed by atoms with Crippen molar-refractivity contribution in [2.45, 2.75) is 11.8 Å². The van der Waals surface area contributed by atoms with Crippen LogP contribution in [0.25, 0.3) is 5.69 Å². The molecule has 3 rings (SSSR count). The molecule has 0 saturated heterocycles. The molecular formula is C17H15N3O4S. The Balaban J connectivity index is 1.86. The number of aromatic nitrogens is 2. The monoisotopic (exact) mass is 357 g/mol. The van der Waals surface area contributed by atoms with Crippen molar-refractivity contribution in [3.8, 4) is 5.69 Å². The SMILES string of the molecule is Cc1ccc(S(=O)(=O)Nc2ccc(-n3cccn3)cc2)cc1C(=O)O. The molecule has 25 heavy (non-hydrogen) atoms. The zero-order valence-corrected chi connectivity index (χ0v) is 14.1. The summed E-state index contributed by atoms with van der Waals surface area (Å²) in [6.07, 6.45) is 3.42. The number of nitrogens with zero attached hydrogens (tertiary/aromatic N) is 2. The fourth-order valence-corrected chi connectivity index (χ4v) is 3.40. The largest absolute Gasteiger partial charge is 0.478 e. The number of benzene rings is 2. The van der Waals surface area contributed by atoms with Gasteiger partial charge in [-0.05, 0) is 55.0 Å². The van der Waals surface area contributed by atoms with Crippen molar-refractivity contribution in [2.24, 2.45) is 0 Å². The number of nitrogens with one attached hydrogen (secondary N) is 1. The first kappa shape index (κ1) is 16.7. The third kappa shape index (κ3) is 3.53. The van der Waals surface area contributed by atoms with E-state index in [1.54, 1.807) is 54.3 Å². The molecule has 0 fully saturated rings. The highest BCUT2D eigenvalue weighted by Crippen LogP contribution is 2.20. The van der Waals surface area contributed by atoms with Crippen molar-refractivity contribution in [1.82, 2.24) is 9.78 Å². The quantitative estimate of drug-likeness (QED) is 0.731. The molecule has 0 aliphatic carbocycles. The van der Waals surface area contributed by atoms with Crippen molar-refractivity contribution in [1.29, 1.82) is 0 Å². The minimum Gasteiger partial charge on any atom is -0.478 e. The fourth-order valence-electron chi connectivity index (χ4n) is 2.32. The van der Waals surface area contributed by atoms with Gasteiger partial charge in [-0.2, -0.15) is 5.10 Å². The number of aromatic carboxylic acids is 1. The van der Waals surface area contributed by atoms with Crippen LogP contribution in [0.15, 0.2) is 65.8 Å². The molecule has 0 spiro atoms.